The maximum atomic E-state index is 12.2. The first-order valence-electron chi connectivity index (χ1n) is 6.73. The van der Waals surface area contributed by atoms with E-state index in [-0.39, 0.29) is 17.3 Å². The molecule has 0 heterocycles. The second-order valence-corrected chi connectivity index (χ2v) is 6.33. The van der Waals surface area contributed by atoms with Crippen molar-refractivity contribution in [2.24, 2.45) is 0 Å². The fourth-order valence-electron chi connectivity index (χ4n) is 2.01. The van der Waals surface area contributed by atoms with Crippen molar-refractivity contribution in [3.05, 3.63) is 48.0 Å². The molecule has 24 heavy (non-hydrogen) atoms. The van der Waals surface area contributed by atoms with Gasteiger partial charge < -0.3 is 16.4 Å². The molecule has 2 amide bonds. The Hall–Kier alpha value is -2.91. The van der Waals surface area contributed by atoms with E-state index in [2.05, 4.69) is 10.6 Å². The Labute approximate surface area is 138 Å². The van der Waals surface area contributed by atoms with Crippen LogP contribution in [0.4, 0.5) is 17.1 Å². The van der Waals surface area contributed by atoms with Crippen LogP contribution in [0.5, 0.6) is 0 Å². The number of nitrogens with one attached hydrogen (secondary N) is 2. The van der Waals surface area contributed by atoms with E-state index in [4.69, 9.17) is 10.3 Å². The van der Waals surface area contributed by atoms with E-state index in [1.165, 1.54) is 25.1 Å². The molecule has 0 aliphatic rings. The summed E-state index contributed by atoms with van der Waals surface area (Å²) in [5, 5.41) is 5.11. The third-order valence-electron chi connectivity index (χ3n) is 2.99. The lowest BCUT2D eigenvalue weighted by atomic mass is 10.1. The average Bonchev–Trinajstić information content (AvgIpc) is 2.45. The van der Waals surface area contributed by atoms with Gasteiger partial charge in [-0.2, -0.15) is 8.42 Å². The standard InChI is InChI=1S/C15H15N3O5S/c1-9(19)17-11-4-2-3-10(7-11)15(20)18-12-5-6-14(13(16)8-12)24(21,22)23/h2-8H,16H2,1H3,(H,17,19)(H,18,20)(H,21,22,23). The van der Waals surface area contributed by atoms with Crippen LogP contribution in [-0.4, -0.2) is 24.8 Å². The van der Waals surface area contributed by atoms with Crippen molar-refractivity contribution in [3.63, 3.8) is 0 Å². The van der Waals surface area contributed by atoms with E-state index in [0.29, 0.717) is 11.3 Å². The molecule has 0 spiro atoms. The predicted molar refractivity (Wildman–Crippen MR) is 89.4 cm³/mol. The first-order valence-corrected chi connectivity index (χ1v) is 8.17. The Morgan fingerprint density at radius 1 is 1.04 bits per heavy atom. The molecule has 0 unspecified atom stereocenters. The van der Waals surface area contributed by atoms with Gasteiger partial charge in [0.05, 0.1) is 5.69 Å². The zero-order valence-electron chi connectivity index (χ0n) is 12.6. The summed E-state index contributed by atoms with van der Waals surface area (Å²) in [6.07, 6.45) is 0. The van der Waals surface area contributed by atoms with E-state index in [9.17, 15) is 18.0 Å². The van der Waals surface area contributed by atoms with Gasteiger partial charge in [0.25, 0.3) is 16.0 Å². The van der Waals surface area contributed by atoms with Crippen LogP contribution in [-0.2, 0) is 14.9 Å². The van der Waals surface area contributed by atoms with Gasteiger partial charge in [-0.1, -0.05) is 6.07 Å². The van der Waals surface area contributed by atoms with Crippen molar-refractivity contribution in [2.45, 2.75) is 11.8 Å². The van der Waals surface area contributed by atoms with Crippen molar-refractivity contribution in [1.82, 2.24) is 0 Å². The third kappa shape index (κ3) is 4.31. The van der Waals surface area contributed by atoms with Crippen molar-refractivity contribution in [3.8, 4) is 0 Å². The molecule has 2 aromatic rings. The van der Waals surface area contributed by atoms with E-state index >= 15 is 0 Å². The molecule has 0 atom stereocenters. The summed E-state index contributed by atoms with van der Waals surface area (Å²) >= 11 is 0. The van der Waals surface area contributed by atoms with Crippen molar-refractivity contribution in [1.29, 1.82) is 0 Å². The first-order chi connectivity index (χ1) is 11.2. The van der Waals surface area contributed by atoms with Crippen LogP contribution in [0.3, 0.4) is 0 Å². The molecule has 8 nitrogen and oxygen atoms in total. The van der Waals surface area contributed by atoms with Gasteiger partial charge in [0.2, 0.25) is 5.91 Å². The SMILES string of the molecule is CC(=O)Nc1cccc(C(=O)Nc2ccc(S(=O)(=O)O)c(N)c2)c1. The number of nitrogens with two attached hydrogens (primary N) is 1. The summed E-state index contributed by atoms with van der Waals surface area (Å²) in [5.74, 6) is -0.734. The minimum absolute atomic E-state index is 0.192. The fourth-order valence-corrected chi connectivity index (χ4v) is 2.60. The molecule has 5 N–H and O–H groups in total. The van der Waals surface area contributed by atoms with E-state index in [0.717, 1.165) is 6.07 Å². The molecule has 0 saturated carbocycles. The van der Waals surface area contributed by atoms with Crippen LogP contribution in [0.25, 0.3) is 0 Å². The molecule has 9 heteroatoms. The number of hydrogen-bond donors (Lipinski definition) is 4. The minimum atomic E-state index is -4.43. The van der Waals surface area contributed by atoms with Crippen LogP contribution in [0.2, 0.25) is 0 Å². The molecule has 0 aliphatic heterocycles. The van der Waals surface area contributed by atoms with Gasteiger partial charge in [-0.3, -0.25) is 14.1 Å². The topological polar surface area (TPSA) is 139 Å². The lowest BCUT2D eigenvalue weighted by molar-refractivity contribution is -0.114. The largest absolute Gasteiger partial charge is 0.398 e. The molecule has 0 saturated heterocycles. The highest BCUT2D eigenvalue weighted by atomic mass is 32.2. The Balaban J connectivity index is 2.21. The van der Waals surface area contributed by atoms with Crippen LogP contribution in [0.15, 0.2) is 47.4 Å². The summed E-state index contributed by atoms with van der Waals surface area (Å²) in [6, 6.07) is 9.90. The fraction of sp³-hybridized carbons (Fsp3) is 0.0667. The quantitative estimate of drug-likeness (QED) is 0.490. The normalized spacial score (nSPS) is 10.9. The zero-order valence-corrected chi connectivity index (χ0v) is 13.4. The molecule has 126 valence electrons. The number of carbonyl (C=O) groups excluding carboxylic acids is 2. The van der Waals surface area contributed by atoms with Gasteiger partial charge in [0.1, 0.15) is 4.90 Å². The summed E-state index contributed by atoms with van der Waals surface area (Å²) < 4.78 is 31.2. The Bertz CT molecular complexity index is 909. The number of carbonyl (C=O) groups is 2. The van der Waals surface area contributed by atoms with E-state index in [1.54, 1.807) is 18.2 Å². The number of anilines is 3. The highest BCUT2D eigenvalue weighted by Crippen LogP contribution is 2.23. The lowest BCUT2D eigenvalue weighted by Gasteiger charge is -2.09. The average molecular weight is 349 g/mol. The Morgan fingerprint density at radius 3 is 2.29 bits per heavy atom. The van der Waals surface area contributed by atoms with Gasteiger partial charge in [-0.15, -0.1) is 0 Å². The van der Waals surface area contributed by atoms with Crippen LogP contribution < -0.4 is 16.4 Å². The Morgan fingerprint density at radius 2 is 1.71 bits per heavy atom. The van der Waals surface area contributed by atoms with Crippen LogP contribution in [0.1, 0.15) is 17.3 Å². The van der Waals surface area contributed by atoms with E-state index in [1.807, 2.05) is 0 Å². The number of hydrogen-bond acceptors (Lipinski definition) is 5. The minimum Gasteiger partial charge on any atom is -0.398 e. The van der Waals surface area contributed by atoms with E-state index < -0.39 is 20.9 Å². The monoisotopic (exact) mass is 349 g/mol. The Kier molecular flexibility index (Phi) is 4.86. The molecule has 0 radical (unpaired) electrons. The second-order valence-electron chi connectivity index (χ2n) is 4.94. The van der Waals surface area contributed by atoms with Gasteiger partial charge in [-0.05, 0) is 36.4 Å². The number of amides is 2. The predicted octanol–water partition coefficient (Wildman–Crippen LogP) is 1.73. The second kappa shape index (κ2) is 6.69. The highest BCUT2D eigenvalue weighted by molar-refractivity contribution is 7.86. The van der Waals surface area contributed by atoms with Crippen LogP contribution in [0, 0.1) is 0 Å². The number of rotatable bonds is 4. The van der Waals surface area contributed by atoms with Crippen molar-refractivity contribution < 1.29 is 22.6 Å². The van der Waals surface area contributed by atoms with Gasteiger partial charge in [0.15, 0.2) is 0 Å². The first kappa shape index (κ1) is 17.4. The summed E-state index contributed by atoms with van der Waals surface area (Å²) in [6.45, 7) is 1.35. The molecular weight excluding hydrogens is 334 g/mol. The lowest BCUT2D eigenvalue weighted by Crippen LogP contribution is -2.13. The molecule has 0 aromatic heterocycles. The molecule has 0 aliphatic carbocycles. The maximum Gasteiger partial charge on any atom is 0.296 e. The van der Waals surface area contributed by atoms with Crippen LogP contribution >= 0.6 is 0 Å². The van der Waals surface area contributed by atoms with Crippen molar-refractivity contribution >= 4 is 39.0 Å². The third-order valence-corrected chi connectivity index (χ3v) is 3.92. The van der Waals surface area contributed by atoms with Crippen molar-refractivity contribution in [2.75, 3.05) is 16.4 Å². The molecular formula is C15H15N3O5S. The maximum absolute atomic E-state index is 12.2. The molecule has 2 aromatic carbocycles. The van der Waals surface area contributed by atoms with Gasteiger partial charge in [0, 0.05) is 23.9 Å². The smallest absolute Gasteiger partial charge is 0.296 e. The number of nitrogen functional groups attached to an aromatic ring is 1. The van der Waals surface area contributed by atoms with Gasteiger partial charge >= 0.3 is 0 Å². The highest BCUT2D eigenvalue weighted by Gasteiger charge is 2.15. The number of benzene rings is 2. The summed E-state index contributed by atoms with van der Waals surface area (Å²) in [7, 11) is -4.43. The molecule has 0 bridgehead atoms. The molecule has 0 fully saturated rings. The zero-order chi connectivity index (χ0) is 17.9. The van der Waals surface area contributed by atoms with Gasteiger partial charge in [-0.25, -0.2) is 0 Å². The summed E-state index contributed by atoms with van der Waals surface area (Å²) in [5.41, 5.74) is 6.39. The molecule has 2 rings (SSSR count). The summed E-state index contributed by atoms with van der Waals surface area (Å²) in [4.78, 5) is 22.8.